The molecule has 3 nitrogen and oxygen atoms in total. The largest absolute Gasteiger partial charge is 0.491 e. The SMILES string of the molecule is COc1cc2cccc(Cl)c2[nH]c1=O. The first-order chi connectivity index (χ1) is 6.72. The second-order valence-electron chi connectivity index (χ2n) is 2.87. The van der Waals surface area contributed by atoms with E-state index >= 15 is 0 Å². The summed E-state index contributed by atoms with van der Waals surface area (Å²) in [6, 6.07) is 7.08. The molecular weight excluding hydrogens is 202 g/mol. The first kappa shape index (κ1) is 9.09. The van der Waals surface area contributed by atoms with Gasteiger partial charge in [0.2, 0.25) is 0 Å². The summed E-state index contributed by atoms with van der Waals surface area (Å²) in [7, 11) is 1.46. The van der Waals surface area contributed by atoms with E-state index in [1.165, 1.54) is 7.11 Å². The smallest absolute Gasteiger partial charge is 0.290 e. The highest BCUT2D eigenvalue weighted by Gasteiger charge is 2.04. The summed E-state index contributed by atoms with van der Waals surface area (Å²) in [4.78, 5) is 14.0. The van der Waals surface area contributed by atoms with E-state index in [-0.39, 0.29) is 5.56 Å². The number of pyridine rings is 1. The zero-order chi connectivity index (χ0) is 10.1. The molecular formula is C10H8ClNO2. The minimum Gasteiger partial charge on any atom is -0.491 e. The van der Waals surface area contributed by atoms with Gasteiger partial charge in [-0.1, -0.05) is 23.7 Å². The number of fused-ring (bicyclic) bond motifs is 1. The molecule has 1 aromatic carbocycles. The van der Waals surface area contributed by atoms with Crippen LogP contribution in [0.1, 0.15) is 0 Å². The fourth-order valence-electron chi connectivity index (χ4n) is 1.33. The summed E-state index contributed by atoms with van der Waals surface area (Å²) in [6.45, 7) is 0. The Kier molecular flexibility index (Phi) is 2.17. The van der Waals surface area contributed by atoms with Crippen molar-refractivity contribution in [1.82, 2.24) is 4.98 Å². The number of hydrogen-bond donors (Lipinski definition) is 1. The molecule has 0 aliphatic rings. The van der Waals surface area contributed by atoms with Crippen LogP contribution in [0, 0.1) is 0 Å². The molecule has 0 spiro atoms. The van der Waals surface area contributed by atoms with Gasteiger partial charge in [-0.25, -0.2) is 0 Å². The molecule has 0 bridgehead atoms. The lowest BCUT2D eigenvalue weighted by molar-refractivity contribution is 0.409. The Balaban J connectivity index is 2.86. The van der Waals surface area contributed by atoms with Crippen molar-refractivity contribution in [3.05, 3.63) is 39.6 Å². The molecule has 1 aromatic heterocycles. The summed E-state index contributed by atoms with van der Waals surface area (Å²) < 4.78 is 4.91. The Morgan fingerprint density at radius 1 is 1.43 bits per heavy atom. The number of rotatable bonds is 1. The van der Waals surface area contributed by atoms with Crippen LogP contribution >= 0.6 is 11.6 Å². The Bertz CT molecular complexity index is 533. The van der Waals surface area contributed by atoms with Crippen LogP contribution in [0.3, 0.4) is 0 Å². The van der Waals surface area contributed by atoms with Crippen LogP contribution in [0.5, 0.6) is 5.75 Å². The molecule has 0 radical (unpaired) electrons. The van der Waals surface area contributed by atoms with Gasteiger partial charge in [0, 0.05) is 5.39 Å². The van der Waals surface area contributed by atoms with Gasteiger partial charge >= 0.3 is 0 Å². The third-order valence-corrected chi connectivity index (χ3v) is 2.33. The third kappa shape index (κ3) is 1.36. The number of aromatic amines is 1. The maximum Gasteiger partial charge on any atom is 0.290 e. The third-order valence-electron chi connectivity index (χ3n) is 2.01. The van der Waals surface area contributed by atoms with Gasteiger partial charge in [-0.2, -0.15) is 0 Å². The van der Waals surface area contributed by atoms with E-state index < -0.39 is 0 Å². The predicted octanol–water partition coefficient (Wildman–Crippen LogP) is 2.19. The van der Waals surface area contributed by atoms with Gasteiger partial charge < -0.3 is 9.72 Å². The van der Waals surface area contributed by atoms with Crippen LogP contribution in [0.25, 0.3) is 10.9 Å². The molecule has 0 amide bonds. The molecule has 0 fully saturated rings. The number of ether oxygens (including phenoxy) is 1. The van der Waals surface area contributed by atoms with Gasteiger partial charge in [-0.3, -0.25) is 4.79 Å². The van der Waals surface area contributed by atoms with E-state index in [0.717, 1.165) is 5.39 Å². The molecule has 1 N–H and O–H groups in total. The molecule has 0 atom stereocenters. The molecule has 0 aliphatic carbocycles. The van der Waals surface area contributed by atoms with Crippen LogP contribution in [0.15, 0.2) is 29.1 Å². The molecule has 0 aliphatic heterocycles. The Morgan fingerprint density at radius 2 is 2.21 bits per heavy atom. The average molecular weight is 210 g/mol. The topological polar surface area (TPSA) is 42.1 Å². The fourth-order valence-corrected chi connectivity index (χ4v) is 1.56. The molecule has 0 saturated carbocycles. The van der Waals surface area contributed by atoms with Crippen molar-refractivity contribution in [2.24, 2.45) is 0 Å². The van der Waals surface area contributed by atoms with Crippen LogP contribution < -0.4 is 10.3 Å². The normalized spacial score (nSPS) is 10.4. The van der Waals surface area contributed by atoms with E-state index in [1.54, 1.807) is 12.1 Å². The maximum atomic E-state index is 11.4. The second-order valence-corrected chi connectivity index (χ2v) is 3.28. The summed E-state index contributed by atoms with van der Waals surface area (Å²) >= 11 is 5.91. The van der Waals surface area contributed by atoms with Gasteiger partial charge in [-0.05, 0) is 12.1 Å². The first-order valence-electron chi connectivity index (χ1n) is 4.08. The monoisotopic (exact) mass is 209 g/mol. The van der Waals surface area contributed by atoms with Crippen molar-refractivity contribution >= 4 is 22.5 Å². The molecule has 4 heteroatoms. The Labute approximate surface area is 85.3 Å². The van der Waals surface area contributed by atoms with Crippen molar-refractivity contribution < 1.29 is 4.74 Å². The molecule has 0 unspecified atom stereocenters. The Morgan fingerprint density at radius 3 is 2.93 bits per heavy atom. The van der Waals surface area contributed by atoms with Crippen LogP contribution in [-0.2, 0) is 0 Å². The van der Waals surface area contributed by atoms with Crippen LogP contribution in [-0.4, -0.2) is 12.1 Å². The zero-order valence-electron chi connectivity index (χ0n) is 7.50. The lowest BCUT2D eigenvalue weighted by Gasteiger charge is -2.02. The predicted molar refractivity (Wildman–Crippen MR) is 56.1 cm³/mol. The highest BCUT2D eigenvalue weighted by Crippen LogP contribution is 2.21. The molecule has 2 rings (SSSR count). The molecule has 0 saturated heterocycles. The minimum absolute atomic E-state index is 0.270. The first-order valence-corrected chi connectivity index (χ1v) is 4.45. The number of halogens is 1. The van der Waals surface area contributed by atoms with E-state index in [4.69, 9.17) is 16.3 Å². The van der Waals surface area contributed by atoms with Gasteiger partial charge in [0.1, 0.15) is 0 Å². The van der Waals surface area contributed by atoms with E-state index in [1.807, 2.05) is 12.1 Å². The summed E-state index contributed by atoms with van der Waals surface area (Å²) in [5.74, 6) is 0.291. The van der Waals surface area contributed by atoms with Gasteiger partial charge in [-0.15, -0.1) is 0 Å². The van der Waals surface area contributed by atoms with Crippen LogP contribution in [0.2, 0.25) is 5.02 Å². The fraction of sp³-hybridized carbons (Fsp3) is 0.100. The maximum absolute atomic E-state index is 11.4. The van der Waals surface area contributed by atoms with Crippen molar-refractivity contribution in [3.8, 4) is 5.75 Å². The number of H-pyrrole nitrogens is 1. The van der Waals surface area contributed by atoms with Gasteiger partial charge in [0.15, 0.2) is 5.75 Å². The number of methoxy groups -OCH3 is 1. The van der Waals surface area contributed by atoms with Crippen LogP contribution in [0.4, 0.5) is 0 Å². The minimum atomic E-state index is -0.270. The average Bonchev–Trinajstić information content (AvgIpc) is 2.19. The van der Waals surface area contributed by atoms with Gasteiger partial charge in [0.25, 0.3) is 5.56 Å². The van der Waals surface area contributed by atoms with E-state index in [9.17, 15) is 4.79 Å². The molecule has 72 valence electrons. The number of nitrogens with one attached hydrogen (secondary N) is 1. The number of aromatic nitrogens is 1. The number of hydrogen-bond acceptors (Lipinski definition) is 2. The van der Waals surface area contributed by atoms with Crippen molar-refractivity contribution in [2.45, 2.75) is 0 Å². The number of benzene rings is 1. The van der Waals surface area contributed by atoms with E-state index in [2.05, 4.69) is 4.98 Å². The van der Waals surface area contributed by atoms with Crippen molar-refractivity contribution in [1.29, 1.82) is 0 Å². The second kappa shape index (κ2) is 3.35. The summed E-state index contributed by atoms with van der Waals surface area (Å²) in [5.41, 5.74) is 0.369. The zero-order valence-corrected chi connectivity index (χ0v) is 8.26. The Hall–Kier alpha value is -1.48. The highest BCUT2D eigenvalue weighted by molar-refractivity contribution is 6.35. The lowest BCUT2D eigenvalue weighted by atomic mass is 10.2. The van der Waals surface area contributed by atoms with Crippen molar-refractivity contribution in [2.75, 3.05) is 7.11 Å². The van der Waals surface area contributed by atoms with Crippen molar-refractivity contribution in [3.63, 3.8) is 0 Å². The molecule has 1 heterocycles. The standard InChI is InChI=1S/C10H8ClNO2/c1-14-8-5-6-3-2-4-7(11)9(6)12-10(8)13/h2-5H,1H3,(H,12,13). The van der Waals surface area contributed by atoms with Gasteiger partial charge in [0.05, 0.1) is 17.6 Å². The lowest BCUT2D eigenvalue weighted by Crippen LogP contribution is -2.08. The van der Waals surface area contributed by atoms with E-state index in [0.29, 0.717) is 16.3 Å². The summed E-state index contributed by atoms with van der Waals surface area (Å²) in [6.07, 6.45) is 0. The quantitative estimate of drug-likeness (QED) is 0.782. The summed E-state index contributed by atoms with van der Waals surface area (Å²) in [5, 5.41) is 1.39. The number of para-hydroxylation sites is 1. The molecule has 14 heavy (non-hydrogen) atoms. The highest BCUT2D eigenvalue weighted by atomic mass is 35.5. The molecule has 2 aromatic rings.